The summed E-state index contributed by atoms with van der Waals surface area (Å²) >= 11 is 0. The Bertz CT molecular complexity index is 202. The van der Waals surface area contributed by atoms with Gasteiger partial charge in [-0.3, -0.25) is 5.16 Å². The lowest BCUT2D eigenvalue weighted by Gasteiger charge is -1.89. The van der Waals surface area contributed by atoms with Crippen molar-refractivity contribution in [2.24, 2.45) is 0 Å². The number of nitrogens with one attached hydrogen (secondary N) is 1. The van der Waals surface area contributed by atoms with E-state index in [0.717, 1.165) is 0 Å². The largest absolute Gasteiger partial charge is 0.717 e. The van der Waals surface area contributed by atoms with E-state index < -0.39 is 0 Å². The van der Waals surface area contributed by atoms with Gasteiger partial charge in [0.05, 0.1) is 0 Å². The minimum absolute atomic E-state index is 0.410. The number of hydrogen-bond acceptors (Lipinski definition) is 3. The normalized spacial score (nSPS) is 11.9. The van der Waals surface area contributed by atoms with E-state index in [1.165, 1.54) is 17.3 Å². The molecule has 1 aromatic rings. The average Bonchev–Trinajstić information content (AvgIpc) is 2.37. The third-order valence-electron chi connectivity index (χ3n) is 0.910. The summed E-state index contributed by atoms with van der Waals surface area (Å²) in [7, 11) is 0. The lowest BCUT2D eigenvalue weighted by molar-refractivity contribution is -0.376. The highest BCUT2D eigenvalue weighted by atomic mass is 16.4. The molecule has 1 heterocycles. The zero-order valence-electron chi connectivity index (χ0n) is 4.90. The van der Waals surface area contributed by atoms with Gasteiger partial charge in [-0.15, -0.1) is 0 Å². The smallest absolute Gasteiger partial charge is 0.276 e. The lowest BCUT2D eigenvalue weighted by atomic mass is 10.7. The van der Waals surface area contributed by atoms with Crippen molar-refractivity contribution in [1.29, 1.82) is 0 Å². The Hall–Kier alpha value is -1.39. The summed E-state index contributed by atoms with van der Waals surface area (Å²) in [6, 6.07) is 0. The van der Waals surface area contributed by atoms with E-state index in [0.29, 0.717) is 5.84 Å². The van der Waals surface area contributed by atoms with Crippen molar-refractivity contribution >= 4 is 5.84 Å². The summed E-state index contributed by atoms with van der Waals surface area (Å²) in [6.45, 7) is 1.61. The van der Waals surface area contributed by atoms with Crippen LogP contribution in [0.25, 0.3) is 0 Å². The second-order valence-electron chi connectivity index (χ2n) is 1.53. The molecule has 0 saturated carbocycles. The highest BCUT2D eigenvalue weighted by Crippen LogP contribution is 1.73. The summed E-state index contributed by atoms with van der Waals surface area (Å²) in [4.78, 5) is 3.64. The predicted octanol–water partition coefficient (Wildman–Crippen LogP) is -1.88. The van der Waals surface area contributed by atoms with E-state index in [1.807, 2.05) is 0 Å². The van der Waals surface area contributed by atoms with Gasteiger partial charge in [0, 0.05) is 6.92 Å². The Morgan fingerprint density at radius 2 is 2.56 bits per heavy atom. The zero-order chi connectivity index (χ0) is 6.69. The van der Waals surface area contributed by atoms with Crippen molar-refractivity contribution in [1.82, 2.24) is 14.8 Å². The number of nitrogens with zero attached hydrogens (tertiary/aromatic N) is 3. The Morgan fingerprint density at radius 1 is 1.78 bits per heavy atom. The third kappa shape index (κ3) is 1.04. The molecular formula is C4H6N4O. The average molecular weight is 126 g/mol. The second kappa shape index (κ2) is 2.25. The summed E-state index contributed by atoms with van der Waals surface area (Å²) in [6.07, 6.45) is 2.81. The third-order valence-corrected chi connectivity index (χ3v) is 0.910. The Morgan fingerprint density at radius 3 is 3.00 bits per heavy atom. The molecule has 0 amide bonds. The van der Waals surface area contributed by atoms with Crippen LogP contribution in [-0.2, 0) is 0 Å². The van der Waals surface area contributed by atoms with Crippen LogP contribution in [0.15, 0.2) is 12.7 Å². The first-order chi connectivity index (χ1) is 4.34. The maximum atomic E-state index is 9.95. The van der Waals surface area contributed by atoms with Crippen molar-refractivity contribution in [2.45, 2.75) is 6.92 Å². The van der Waals surface area contributed by atoms with Gasteiger partial charge >= 0.3 is 0 Å². The van der Waals surface area contributed by atoms with Gasteiger partial charge in [0.25, 0.3) is 5.84 Å². The van der Waals surface area contributed by atoms with Gasteiger partial charge in [0.2, 0.25) is 6.33 Å². The molecule has 0 aromatic carbocycles. The van der Waals surface area contributed by atoms with Crippen LogP contribution < -0.4 is 5.16 Å². The second-order valence-corrected chi connectivity index (χ2v) is 1.53. The van der Waals surface area contributed by atoms with Gasteiger partial charge in [-0.1, -0.05) is 9.78 Å². The summed E-state index contributed by atoms with van der Waals surface area (Å²) in [5, 5.41) is 15.3. The number of hydrogen-bond donors (Lipinski definition) is 1. The molecule has 48 valence electrons. The lowest BCUT2D eigenvalue weighted by Crippen LogP contribution is -2.66. The number of rotatable bonds is 0. The molecule has 0 aliphatic carbocycles. The zero-order valence-corrected chi connectivity index (χ0v) is 4.90. The maximum Gasteiger partial charge on any atom is 0.276 e. The molecule has 0 aliphatic heterocycles. The van der Waals surface area contributed by atoms with E-state index in [2.05, 4.69) is 10.1 Å². The molecule has 5 nitrogen and oxygen atoms in total. The Balaban J connectivity index is 2.90. The van der Waals surface area contributed by atoms with E-state index in [9.17, 15) is 5.21 Å². The minimum atomic E-state index is 0.410. The Labute approximate surface area is 51.6 Å². The predicted molar refractivity (Wildman–Crippen MR) is 30.4 cm³/mol. The molecule has 0 unspecified atom stereocenters. The van der Waals surface area contributed by atoms with Gasteiger partial charge in [-0.25, -0.2) is 0 Å². The molecule has 1 N–H and O–H groups in total. The van der Waals surface area contributed by atoms with Crippen molar-refractivity contribution in [3.8, 4) is 0 Å². The molecule has 9 heavy (non-hydrogen) atoms. The van der Waals surface area contributed by atoms with Gasteiger partial charge < -0.3 is 5.21 Å². The van der Waals surface area contributed by atoms with E-state index in [-0.39, 0.29) is 0 Å². The van der Waals surface area contributed by atoms with Crippen LogP contribution in [0.5, 0.6) is 0 Å². The van der Waals surface area contributed by atoms with Crippen LogP contribution in [0.1, 0.15) is 6.92 Å². The molecule has 0 aliphatic rings. The van der Waals surface area contributed by atoms with Crippen LogP contribution >= 0.6 is 0 Å². The minimum Gasteiger partial charge on any atom is -0.717 e. The fraction of sp³-hybridized carbons (Fsp3) is 0.250. The van der Waals surface area contributed by atoms with Crippen molar-refractivity contribution in [3.63, 3.8) is 0 Å². The molecule has 1 aromatic heterocycles. The molecule has 1 rings (SSSR count). The summed E-state index contributed by atoms with van der Waals surface area (Å²) in [5.41, 5.74) is 0. The standard InChI is InChI=1S/C4H6N4O/c1-4(7-9)8-3-5-2-6-8/h2-3,7H,1H3/b7-4+. The SMILES string of the molecule is C/C(=[NH+]\[O-])n1cncn1. The molecule has 5 heteroatoms. The van der Waals surface area contributed by atoms with E-state index in [1.54, 1.807) is 12.1 Å². The topological polar surface area (TPSA) is 67.7 Å². The Kier molecular flexibility index (Phi) is 1.44. The molecule has 0 fully saturated rings. The molecule has 0 atom stereocenters. The monoisotopic (exact) mass is 126 g/mol. The van der Waals surface area contributed by atoms with Gasteiger partial charge in [0.15, 0.2) is 6.33 Å². The maximum absolute atomic E-state index is 9.95. The summed E-state index contributed by atoms with van der Waals surface area (Å²) in [5.74, 6) is 0.410. The molecule has 0 radical (unpaired) electrons. The van der Waals surface area contributed by atoms with Gasteiger partial charge in [-0.05, 0) is 0 Å². The van der Waals surface area contributed by atoms with E-state index in [4.69, 9.17) is 0 Å². The van der Waals surface area contributed by atoms with Crippen LogP contribution in [-0.4, -0.2) is 20.6 Å². The van der Waals surface area contributed by atoms with Crippen molar-refractivity contribution in [3.05, 3.63) is 17.9 Å². The van der Waals surface area contributed by atoms with Crippen LogP contribution in [0.4, 0.5) is 0 Å². The quantitative estimate of drug-likeness (QED) is 0.191. The van der Waals surface area contributed by atoms with Crippen molar-refractivity contribution in [2.75, 3.05) is 0 Å². The molecule has 0 bridgehead atoms. The van der Waals surface area contributed by atoms with Gasteiger partial charge in [-0.2, -0.15) is 4.98 Å². The molecule has 0 saturated heterocycles. The highest BCUT2D eigenvalue weighted by molar-refractivity contribution is 5.74. The fourth-order valence-corrected chi connectivity index (χ4v) is 0.428. The fourth-order valence-electron chi connectivity index (χ4n) is 0.428. The molecular weight excluding hydrogens is 120 g/mol. The first-order valence-electron chi connectivity index (χ1n) is 2.41. The van der Waals surface area contributed by atoms with Crippen LogP contribution in [0, 0.1) is 5.21 Å². The molecule has 0 spiro atoms. The highest BCUT2D eigenvalue weighted by Gasteiger charge is 1.99. The van der Waals surface area contributed by atoms with Crippen LogP contribution in [0.2, 0.25) is 0 Å². The van der Waals surface area contributed by atoms with Crippen LogP contribution in [0.3, 0.4) is 0 Å². The van der Waals surface area contributed by atoms with Gasteiger partial charge in [0.1, 0.15) is 0 Å². The van der Waals surface area contributed by atoms with Crippen molar-refractivity contribution < 1.29 is 5.16 Å². The first-order valence-corrected chi connectivity index (χ1v) is 2.41. The van der Waals surface area contributed by atoms with E-state index >= 15 is 0 Å². The number of aromatic nitrogens is 3. The summed E-state index contributed by atoms with van der Waals surface area (Å²) < 4.78 is 1.35. The first kappa shape index (κ1) is 5.74.